The molecule has 3 rings (SSSR count). The van der Waals surface area contributed by atoms with Crippen molar-refractivity contribution < 1.29 is 0 Å². The summed E-state index contributed by atoms with van der Waals surface area (Å²) in [5.41, 5.74) is 9.49. The van der Waals surface area contributed by atoms with Crippen LogP contribution in [0.3, 0.4) is 0 Å². The number of allylic oxidation sites excluding steroid dienone is 3. The lowest BCUT2D eigenvalue weighted by molar-refractivity contribution is 1.09. The molecule has 0 nitrogen and oxygen atoms in total. The van der Waals surface area contributed by atoms with E-state index in [1.807, 2.05) is 0 Å². The molecule has 2 aromatic rings. The molecule has 0 spiro atoms. The van der Waals surface area contributed by atoms with Gasteiger partial charge in [0.05, 0.1) is 0 Å². The monoisotopic (exact) mass is 260 g/mol. The Labute approximate surface area is 121 Å². The number of hydrogen-bond donors (Lipinski definition) is 0. The number of rotatable bonds is 2. The van der Waals surface area contributed by atoms with E-state index >= 15 is 0 Å². The molecular weight excluding hydrogens is 240 g/mol. The molecule has 0 amide bonds. The highest BCUT2D eigenvalue weighted by atomic mass is 14.2. The van der Waals surface area contributed by atoms with Crippen molar-refractivity contribution in [3.05, 3.63) is 88.5 Å². The van der Waals surface area contributed by atoms with Gasteiger partial charge >= 0.3 is 0 Å². The zero-order chi connectivity index (χ0) is 14.1. The summed E-state index contributed by atoms with van der Waals surface area (Å²) in [6.45, 7) is 8.74. The molecule has 0 bridgehead atoms. The van der Waals surface area contributed by atoms with Gasteiger partial charge in [-0.2, -0.15) is 0 Å². The highest BCUT2D eigenvalue weighted by Gasteiger charge is 2.17. The van der Waals surface area contributed by atoms with Crippen LogP contribution in [0.15, 0.2) is 60.7 Å². The van der Waals surface area contributed by atoms with Gasteiger partial charge in [-0.3, -0.25) is 0 Å². The van der Waals surface area contributed by atoms with Crippen LogP contribution in [-0.4, -0.2) is 0 Å². The van der Waals surface area contributed by atoms with Crippen LogP contribution in [0.25, 0.3) is 5.57 Å². The summed E-state index contributed by atoms with van der Waals surface area (Å²) in [5.74, 6) is 0. The van der Waals surface area contributed by atoms with Gasteiger partial charge < -0.3 is 0 Å². The van der Waals surface area contributed by atoms with Gasteiger partial charge in [-0.25, -0.2) is 0 Å². The first kappa shape index (κ1) is 12.9. The van der Waals surface area contributed by atoms with E-state index in [-0.39, 0.29) is 0 Å². The van der Waals surface area contributed by atoms with Crippen LogP contribution in [-0.2, 0) is 12.8 Å². The molecule has 0 N–H and O–H groups in total. The fraction of sp³-hybridized carbons (Fsp3) is 0.200. The maximum absolute atomic E-state index is 4.34. The molecule has 0 fully saturated rings. The Morgan fingerprint density at radius 2 is 1.75 bits per heavy atom. The van der Waals surface area contributed by atoms with Crippen molar-refractivity contribution in [1.82, 2.24) is 0 Å². The average Bonchev–Trinajstić information content (AvgIpc) is 2.47. The van der Waals surface area contributed by atoms with Crippen molar-refractivity contribution in [1.29, 1.82) is 0 Å². The lowest BCUT2D eigenvalue weighted by atomic mass is 9.82. The van der Waals surface area contributed by atoms with E-state index in [0.717, 1.165) is 12.8 Å². The normalized spacial score (nSPS) is 13.9. The van der Waals surface area contributed by atoms with Crippen LogP contribution >= 0.6 is 0 Å². The minimum absolute atomic E-state index is 0.978. The number of benzene rings is 2. The van der Waals surface area contributed by atoms with E-state index < -0.39 is 0 Å². The van der Waals surface area contributed by atoms with Crippen LogP contribution < -0.4 is 0 Å². The molecule has 100 valence electrons. The van der Waals surface area contributed by atoms with Gasteiger partial charge in [0.15, 0.2) is 0 Å². The molecule has 0 aliphatic heterocycles. The molecule has 0 atom stereocenters. The van der Waals surface area contributed by atoms with Crippen molar-refractivity contribution in [2.75, 3.05) is 0 Å². The van der Waals surface area contributed by atoms with Gasteiger partial charge in [-0.05, 0) is 65.7 Å². The van der Waals surface area contributed by atoms with Crippen molar-refractivity contribution >= 4 is 5.57 Å². The van der Waals surface area contributed by atoms with E-state index in [1.54, 1.807) is 0 Å². The van der Waals surface area contributed by atoms with E-state index in [9.17, 15) is 0 Å². The van der Waals surface area contributed by atoms with Crippen LogP contribution in [0.2, 0.25) is 0 Å². The number of fused-ring (bicyclic) bond motifs is 1. The van der Waals surface area contributed by atoms with E-state index in [4.69, 9.17) is 0 Å². The van der Waals surface area contributed by atoms with Crippen LogP contribution in [0.5, 0.6) is 0 Å². The fourth-order valence-corrected chi connectivity index (χ4v) is 2.94. The van der Waals surface area contributed by atoms with E-state index in [0.29, 0.717) is 0 Å². The van der Waals surface area contributed by atoms with Gasteiger partial charge in [0.2, 0.25) is 0 Å². The third-order valence-electron chi connectivity index (χ3n) is 4.37. The zero-order valence-corrected chi connectivity index (χ0v) is 12.2. The summed E-state index contributed by atoms with van der Waals surface area (Å²) in [7, 11) is 0. The second kappa shape index (κ2) is 5.13. The lowest BCUT2D eigenvalue weighted by Gasteiger charge is -2.22. The summed E-state index contributed by atoms with van der Waals surface area (Å²) >= 11 is 0. The molecule has 20 heavy (non-hydrogen) atoms. The van der Waals surface area contributed by atoms with Crippen molar-refractivity contribution in [2.45, 2.75) is 26.7 Å². The summed E-state index contributed by atoms with van der Waals surface area (Å²) in [5, 5.41) is 0. The Morgan fingerprint density at radius 3 is 2.50 bits per heavy atom. The van der Waals surface area contributed by atoms with E-state index in [2.05, 4.69) is 69.0 Å². The zero-order valence-electron chi connectivity index (χ0n) is 12.2. The highest BCUT2D eigenvalue weighted by molar-refractivity contribution is 5.82. The fourth-order valence-electron chi connectivity index (χ4n) is 2.94. The van der Waals surface area contributed by atoms with Gasteiger partial charge in [0.1, 0.15) is 0 Å². The molecule has 0 unspecified atom stereocenters. The first-order chi connectivity index (χ1) is 9.66. The Balaban J connectivity index is 1.93. The van der Waals surface area contributed by atoms with E-state index in [1.165, 1.54) is 39.0 Å². The second-order valence-corrected chi connectivity index (χ2v) is 5.61. The van der Waals surface area contributed by atoms with Crippen molar-refractivity contribution in [3.8, 4) is 0 Å². The minimum atomic E-state index is 0.978. The Morgan fingerprint density at radius 1 is 1.00 bits per heavy atom. The summed E-state index contributed by atoms with van der Waals surface area (Å²) < 4.78 is 0. The van der Waals surface area contributed by atoms with Gasteiger partial charge in [0.25, 0.3) is 0 Å². The maximum Gasteiger partial charge on any atom is -0.00229 e. The number of aryl methyl sites for hydroxylation is 1. The average molecular weight is 260 g/mol. The Kier molecular flexibility index (Phi) is 3.31. The minimum Gasteiger partial charge on any atom is -0.0909 e. The molecule has 0 saturated heterocycles. The lowest BCUT2D eigenvalue weighted by Crippen LogP contribution is -2.06. The van der Waals surface area contributed by atoms with Gasteiger partial charge in [0, 0.05) is 0 Å². The predicted octanol–water partition coefficient (Wildman–Crippen LogP) is 5.04. The third-order valence-corrected chi connectivity index (χ3v) is 4.37. The Bertz CT molecular complexity index is 687. The summed E-state index contributed by atoms with van der Waals surface area (Å²) in [6.07, 6.45) is 4.36. The maximum atomic E-state index is 4.34. The van der Waals surface area contributed by atoms with Gasteiger partial charge in [-0.15, -0.1) is 0 Å². The Hall–Kier alpha value is -2.08. The van der Waals surface area contributed by atoms with Gasteiger partial charge in [-0.1, -0.05) is 55.1 Å². The predicted molar refractivity (Wildman–Crippen MR) is 86.9 cm³/mol. The quantitative estimate of drug-likeness (QED) is 0.709. The molecule has 0 aromatic heterocycles. The molecule has 1 aliphatic rings. The first-order valence-electron chi connectivity index (χ1n) is 7.18. The molecule has 1 aliphatic carbocycles. The summed E-state index contributed by atoms with van der Waals surface area (Å²) in [4.78, 5) is 0. The molecular formula is C20H20. The first-order valence-corrected chi connectivity index (χ1v) is 7.18. The summed E-state index contributed by atoms with van der Waals surface area (Å²) in [6, 6.07) is 15.1. The van der Waals surface area contributed by atoms with Crippen LogP contribution in [0.1, 0.15) is 27.8 Å². The smallest absolute Gasteiger partial charge is 0.00229 e. The SMILES string of the molecule is C=C1C(Cc2ccccc2)=CCc2c1ccc(C)c2C. The molecule has 0 saturated carbocycles. The third kappa shape index (κ3) is 2.22. The standard InChI is InChI=1S/C20H20/c1-14-9-11-20-16(3)18(10-12-19(20)15(14)2)13-17-7-5-4-6-8-17/h4-11H,3,12-13H2,1-2H3. The highest BCUT2D eigenvalue weighted by Crippen LogP contribution is 2.34. The van der Waals surface area contributed by atoms with Crippen LogP contribution in [0.4, 0.5) is 0 Å². The largest absolute Gasteiger partial charge is 0.0909 e. The topological polar surface area (TPSA) is 0 Å². The molecule has 2 aromatic carbocycles. The molecule has 0 radical (unpaired) electrons. The van der Waals surface area contributed by atoms with Crippen molar-refractivity contribution in [2.24, 2.45) is 0 Å². The molecule has 0 heteroatoms. The number of hydrogen-bond acceptors (Lipinski definition) is 0. The van der Waals surface area contributed by atoms with Crippen LogP contribution in [0, 0.1) is 13.8 Å². The molecule has 0 heterocycles. The second-order valence-electron chi connectivity index (χ2n) is 5.61. The van der Waals surface area contributed by atoms with Crippen molar-refractivity contribution in [3.63, 3.8) is 0 Å².